The molecule has 0 unspecified atom stereocenters. The van der Waals surface area contributed by atoms with Crippen LogP contribution >= 0.6 is 11.5 Å². The van der Waals surface area contributed by atoms with Gasteiger partial charge in [0.05, 0.1) is 6.61 Å². The molecule has 1 aromatic rings. The third-order valence-electron chi connectivity index (χ3n) is 5.60. The molecule has 7 heteroatoms. The first kappa shape index (κ1) is 15.5. The quantitative estimate of drug-likeness (QED) is 0.812. The van der Waals surface area contributed by atoms with Crippen molar-refractivity contribution in [2.24, 2.45) is 17.3 Å². The molecule has 3 fully saturated rings. The Kier molecular flexibility index (Phi) is 4.11. The molecule has 23 heavy (non-hydrogen) atoms. The van der Waals surface area contributed by atoms with Gasteiger partial charge in [0.2, 0.25) is 0 Å². The topological polar surface area (TPSA) is 58.6 Å². The van der Waals surface area contributed by atoms with Crippen LogP contribution in [0.1, 0.15) is 29.8 Å². The molecule has 1 amide bonds. The van der Waals surface area contributed by atoms with Gasteiger partial charge in [0.15, 0.2) is 5.69 Å². The molecule has 3 aliphatic rings. The van der Waals surface area contributed by atoms with Crippen molar-refractivity contribution in [3.05, 3.63) is 11.1 Å². The lowest BCUT2D eigenvalue weighted by Crippen LogP contribution is -2.38. The Hall–Kier alpha value is -1.05. The number of nitrogens with zero attached hydrogens (tertiary/aromatic N) is 4. The van der Waals surface area contributed by atoms with Gasteiger partial charge in [-0.15, -0.1) is 5.10 Å². The highest BCUT2D eigenvalue weighted by molar-refractivity contribution is 7.03. The Bertz CT molecular complexity index is 562. The average Bonchev–Trinajstić information content (AvgIpc) is 2.96. The summed E-state index contributed by atoms with van der Waals surface area (Å²) in [5.41, 5.74) is 0.678. The molecular formula is C16H24N4O2S. The number of hydrogen-bond acceptors (Lipinski definition) is 6. The van der Waals surface area contributed by atoms with Crippen LogP contribution in [-0.4, -0.2) is 71.7 Å². The number of likely N-dealkylation sites (tertiary alicyclic amines) is 2. The van der Waals surface area contributed by atoms with Crippen LogP contribution in [0.4, 0.5) is 0 Å². The van der Waals surface area contributed by atoms with E-state index in [4.69, 9.17) is 4.74 Å². The number of carbonyl (C=O) groups excluding carboxylic acids is 1. The second kappa shape index (κ2) is 6.11. The van der Waals surface area contributed by atoms with Crippen LogP contribution in [0, 0.1) is 17.3 Å². The molecule has 1 aromatic heterocycles. The molecular weight excluding hydrogens is 312 g/mol. The van der Waals surface area contributed by atoms with E-state index in [1.165, 1.54) is 24.4 Å². The summed E-state index contributed by atoms with van der Waals surface area (Å²) in [6.07, 6.45) is 3.73. The third-order valence-corrected chi connectivity index (χ3v) is 6.11. The van der Waals surface area contributed by atoms with Crippen molar-refractivity contribution in [3.8, 4) is 0 Å². The van der Waals surface area contributed by atoms with E-state index in [-0.39, 0.29) is 11.3 Å². The average molecular weight is 336 g/mol. The maximum Gasteiger partial charge on any atom is 0.275 e. The molecule has 6 nitrogen and oxygen atoms in total. The summed E-state index contributed by atoms with van der Waals surface area (Å²) in [4.78, 5) is 16.9. The minimum atomic E-state index is 0.0304. The number of hydrogen-bond donors (Lipinski definition) is 0. The van der Waals surface area contributed by atoms with E-state index in [0.717, 1.165) is 51.7 Å². The molecule has 1 aliphatic carbocycles. The lowest BCUT2D eigenvalue weighted by Gasteiger charge is -2.30. The molecule has 126 valence electrons. The molecule has 1 spiro atoms. The summed E-state index contributed by atoms with van der Waals surface area (Å²) in [5.74, 6) is 1.37. The smallest absolute Gasteiger partial charge is 0.275 e. The van der Waals surface area contributed by atoms with Crippen LogP contribution < -0.4 is 0 Å². The van der Waals surface area contributed by atoms with Crippen molar-refractivity contribution in [1.29, 1.82) is 0 Å². The first-order valence-corrected chi connectivity index (χ1v) is 9.32. The van der Waals surface area contributed by atoms with Crippen molar-refractivity contribution in [1.82, 2.24) is 19.4 Å². The molecule has 2 saturated heterocycles. The van der Waals surface area contributed by atoms with E-state index in [1.807, 2.05) is 4.90 Å². The summed E-state index contributed by atoms with van der Waals surface area (Å²) in [7, 11) is 2.18. The molecule has 1 saturated carbocycles. The summed E-state index contributed by atoms with van der Waals surface area (Å²) in [6.45, 7) is 5.54. The zero-order valence-corrected chi connectivity index (χ0v) is 14.4. The monoisotopic (exact) mass is 336 g/mol. The molecule has 0 radical (unpaired) electrons. The second-order valence-electron chi connectivity index (χ2n) is 7.50. The van der Waals surface area contributed by atoms with Crippen molar-refractivity contribution >= 4 is 17.4 Å². The van der Waals surface area contributed by atoms with Gasteiger partial charge in [0.25, 0.3) is 5.91 Å². The second-order valence-corrected chi connectivity index (χ2v) is 8.11. The van der Waals surface area contributed by atoms with Gasteiger partial charge in [-0.25, -0.2) is 0 Å². The number of aromatic nitrogens is 2. The maximum atomic E-state index is 12.5. The van der Waals surface area contributed by atoms with Crippen LogP contribution in [0.2, 0.25) is 0 Å². The standard InChI is InChI=1S/C16H24N4O2S/c1-19-6-13(8-22-7-12-2-3-12)16(10-19)4-5-20(11-16)15(21)14-9-23-18-17-14/h9,12-13H,2-8,10-11H2,1H3/t13-,16+/m0/s1. The van der Waals surface area contributed by atoms with Crippen molar-refractivity contribution < 1.29 is 9.53 Å². The van der Waals surface area contributed by atoms with Crippen LogP contribution in [0.5, 0.6) is 0 Å². The largest absolute Gasteiger partial charge is 0.381 e. The predicted octanol–water partition coefficient (Wildman–Crippen LogP) is 1.36. The Morgan fingerprint density at radius 3 is 3.04 bits per heavy atom. The lowest BCUT2D eigenvalue weighted by molar-refractivity contribution is 0.0529. The van der Waals surface area contributed by atoms with E-state index in [9.17, 15) is 4.79 Å². The Morgan fingerprint density at radius 2 is 2.30 bits per heavy atom. The van der Waals surface area contributed by atoms with E-state index in [1.54, 1.807) is 5.38 Å². The van der Waals surface area contributed by atoms with Crippen LogP contribution in [-0.2, 0) is 4.74 Å². The van der Waals surface area contributed by atoms with Crippen molar-refractivity contribution in [2.75, 3.05) is 46.4 Å². The highest BCUT2D eigenvalue weighted by Gasteiger charge is 2.50. The summed E-state index contributed by atoms with van der Waals surface area (Å²) >= 11 is 1.23. The maximum absolute atomic E-state index is 12.5. The van der Waals surface area contributed by atoms with E-state index in [0.29, 0.717) is 11.6 Å². The zero-order chi connectivity index (χ0) is 15.9. The summed E-state index contributed by atoms with van der Waals surface area (Å²) in [5, 5.41) is 5.67. The van der Waals surface area contributed by atoms with Crippen LogP contribution in [0.15, 0.2) is 5.38 Å². The minimum Gasteiger partial charge on any atom is -0.381 e. The Balaban J connectivity index is 1.40. The Morgan fingerprint density at radius 1 is 1.43 bits per heavy atom. The molecule has 0 aromatic carbocycles. The van der Waals surface area contributed by atoms with E-state index >= 15 is 0 Å². The fraction of sp³-hybridized carbons (Fsp3) is 0.812. The Labute approximate surface area is 141 Å². The molecule has 0 N–H and O–H groups in total. The zero-order valence-electron chi connectivity index (χ0n) is 13.6. The van der Waals surface area contributed by atoms with Gasteiger partial charge in [-0.3, -0.25) is 4.79 Å². The molecule has 3 heterocycles. The number of carbonyl (C=O) groups is 1. The van der Waals surface area contributed by atoms with Gasteiger partial charge in [0, 0.05) is 49.5 Å². The van der Waals surface area contributed by atoms with Gasteiger partial charge in [0.1, 0.15) is 0 Å². The predicted molar refractivity (Wildman–Crippen MR) is 87.4 cm³/mol. The van der Waals surface area contributed by atoms with Gasteiger partial charge < -0.3 is 14.5 Å². The van der Waals surface area contributed by atoms with Crippen molar-refractivity contribution in [3.63, 3.8) is 0 Å². The molecule has 4 rings (SSSR count). The molecule has 2 atom stereocenters. The highest BCUT2D eigenvalue weighted by atomic mass is 32.1. The molecule has 0 bridgehead atoms. The van der Waals surface area contributed by atoms with Gasteiger partial charge >= 0.3 is 0 Å². The third kappa shape index (κ3) is 3.14. The van der Waals surface area contributed by atoms with Gasteiger partial charge in [-0.05, 0) is 43.8 Å². The first-order chi connectivity index (χ1) is 11.2. The fourth-order valence-electron chi connectivity index (χ4n) is 4.14. The normalized spacial score (nSPS) is 31.3. The number of ether oxygens (including phenoxy) is 1. The van der Waals surface area contributed by atoms with E-state index in [2.05, 4.69) is 21.5 Å². The molecule has 2 aliphatic heterocycles. The van der Waals surface area contributed by atoms with Gasteiger partial charge in [-0.1, -0.05) is 4.49 Å². The highest BCUT2D eigenvalue weighted by Crippen LogP contribution is 2.44. The fourth-order valence-corrected chi connectivity index (χ4v) is 4.57. The van der Waals surface area contributed by atoms with Crippen LogP contribution in [0.25, 0.3) is 0 Å². The number of rotatable bonds is 5. The van der Waals surface area contributed by atoms with E-state index < -0.39 is 0 Å². The summed E-state index contributed by atoms with van der Waals surface area (Å²) < 4.78 is 9.80. The summed E-state index contributed by atoms with van der Waals surface area (Å²) in [6, 6.07) is 0. The SMILES string of the molecule is CN1C[C@@H](COCC2CC2)[C@]2(CCN(C(=O)c3csnn3)C2)C1. The number of amides is 1. The van der Waals surface area contributed by atoms with Gasteiger partial charge in [-0.2, -0.15) is 0 Å². The minimum absolute atomic E-state index is 0.0304. The van der Waals surface area contributed by atoms with Crippen molar-refractivity contribution in [2.45, 2.75) is 19.3 Å². The first-order valence-electron chi connectivity index (χ1n) is 8.49. The van der Waals surface area contributed by atoms with Crippen LogP contribution in [0.3, 0.4) is 0 Å². The lowest BCUT2D eigenvalue weighted by atomic mass is 9.77.